The van der Waals surface area contributed by atoms with E-state index in [4.69, 9.17) is 0 Å². The second-order valence-electron chi connectivity index (χ2n) is 3.13. The summed E-state index contributed by atoms with van der Waals surface area (Å²) in [5.74, 6) is -0.277. The molecule has 2 rings (SSSR count). The van der Waals surface area contributed by atoms with Gasteiger partial charge in [0.25, 0.3) is 0 Å². The van der Waals surface area contributed by atoms with Crippen molar-refractivity contribution in [1.29, 1.82) is 0 Å². The number of benzene rings is 1. The monoisotopic (exact) mass is 219 g/mol. The van der Waals surface area contributed by atoms with Gasteiger partial charge in [-0.3, -0.25) is 4.79 Å². The average Bonchev–Trinajstić information content (AvgIpc) is 2.92. The van der Waals surface area contributed by atoms with E-state index in [0.29, 0.717) is 6.42 Å². The minimum absolute atomic E-state index is 0.169. The molecule has 0 N–H and O–H groups in total. The predicted octanol–water partition coefficient (Wildman–Crippen LogP) is 1.94. The molecule has 0 bridgehead atoms. The summed E-state index contributed by atoms with van der Waals surface area (Å²) in [6.07, 6.45) is 1.70. The number of aliphatic imine (C=N–C) groups is 1. The SMILES string of the molecule is CCC(=O)OCCN=C=O.c1cc2cc-2c1. The Morgan fingerprint density at radius 1 is 1.44 bits per heavy atom. The van der Waals surface area contributed by atoms with Crippen LogP contribution in [0.2, 0.25) is 0 Å². The highest BCUT2D eigenvalue weighted by atomic mass is 16.5. The molecule has 0 aromatic rings. The van der Waals surface area contributed by atoms with Crippen molar-refractivity contribution in [1.82, 2.24) is 0 Å². The summed E-state index contributed by atoms with van der Waals surface area (Å²) < 4.78 is 4.58. The lowest BCUT2D eigenvalue weighted by atomic mass is 10.5. The van der Waals surface area contributed by atoms with Crippen LogP contribution in [0.3, 0.4) is 0 Å². The van der Waals surface area contributed by atoms with Crippen LogP contribution in [0.25, 0.3) is 11.1 Å². The number of hydrogen-bond donors (Lipinski definition) is 0. The van der Waals surface area contributed by atoms with Crippen molar-refractivity contribution in [2.75, 3.05) is 13.2 Å². The fourth-order valence-corrected chi connectivity index (χ4v) is 1.03. The van der Waals surface area contributed by atoms with E-state index in [1.165, 1.54) is 17.2 Å². The van der Waals surface area contributed by atoms with Crippen LogP contribution in [0.15, 0.2) is 29.3 Å². The third-order valence-electron chi connectivity index (χ3n) is 1.93. The second kappa shape index (κ2) is 6.53. The fraction of sp³-hybridized carbons (Fsp3) is 0.333. The molecule has 0 saturated carbocycles. The number of carbonyl (C=O) groups is 1. The summed E-state index contributed by atoms with van der Waals surface area (Å²) in [6, 6.07) is 8.48. The van der Waals surface area contributed by atoms with Crippen molar-refractivity contribution >= 4 is 12.0 Å². The van der Waals surface area contributed by atoms with Crippen molar-refractivity contribution in [3.8, 4) is 11.1 Å². The Balaban J connectivity index is 0.000000176. The first-order chi connectivity index (χ1) is 7.77. The Morgan fingerprint density at radius 3 is 2.50 bits per heavy atom. The smallest absolute Gasteiger partial charge is 0.305 e. The Morgan fingerprint density at radius 2 is 2.12 bits per heavy atom. The van der Waals surface area contributed by atoms with Gasteiger partial charge >= 0.3 is 5.97 Å². The van der Waals surface area contributed by atoms with Crippen molar-refractivity contribution in [2.24, 2.45) is 4.99 Å². The van der Waals surface area contributed by atoms with E-state index in [0.717, 1.165) is 0 Å². The fourth-order valence-electron chi connectivity index (χ4n) is 1.03. The first-order valence-corrected chi connectivity index (χ1v) is 5.07. The van der Waals surface area contributed by atoms with E-state index in [2.05, 4.69) is 34.0 Å². The molecule has 0 heterocycles. The maximum Gasteiger partial charge on any atom is 0.305 e. The van der Waals surface area contributed by atoms with Crippen LogP contribution < -0.4 is 0 Å². The minimum Gasteiger partial charge on any atom is -0.464 e. The number of fused-ring (bicyclic) bond motifs is 1. The Labute approximate surface area is 94.0 Å². The number of esters is 1. The van der Waals surface area contributed by atoms with Gasteiger partial charge in [-0.2, -0.15) is 0 Å². The molecule has 0 aromatic heterocycles. The van der Waals surface area contributed by atoms with E-state index >= 15 is 0 Å². The standard InChI is InChI=1S/C6H9NO3.C6H4/c1-2-6(9)10-4-3-7-5-8;1-2-5-4-6(5)3-1/h2-4H2,1H3;1-4H. The zero-order valence-corrected chi connectivity index (χ0v) is 9.10. The lowest BCUT2D eigenvalue weighted by molar-refractivity contribution is -0.142. The van der Waals surface area contributed by atoms with Crippen molar-refractivity contribution in [2.45, 2.75) is 13.3 Å². The van der Waals surface area contributed by atoms with Crippen LogP contribution in [0.5, 0.6) is 0 Å². The number of isocyanates is 1. The molecule has 84 valence electrons. The lowest BCUT2D eigenvalue weighted by Gasteiger charge is -1.97. The van der Waals surface area contributed by atoms with Gasteiger partial charge in [0, 0.05) is 6.42 Å². The summed E-state index contributed by atoms with van der Waals surface area (Å²) in [6.45, 7) is 2.07. The summed E-state index contributed by atoms with van der Waals surface area (Å²) in [7, 11) is 0. The van der Waals surface area contributed by atoms with Crippen LogP contribution in [0.4, 0.5) is 0 Å². The van der Waals surface area contributed by atoms with Crippen LogP contribution in [-0.4, -0.2) is 25.2 Å². The normalized spacial score (nSPS) is 9.31. The van der Waals surface area contributed by atoms with Gasteiger partial charge in [0.1, 0.15) is 6.61 Å². The molecule has 0 aliphatic heterocycles. The first-order valence-electron chi connectivity index (χ1n) is 5.07. The van der Waals surface area contributed by atoms with Gasteiger partial charge in [-0.1, -0.05) is 25.1 Å². The van der Waals surface area contributed by atoms with E-state index in [1.807, 2.05) is 0 Å². The third kappa shape index (κ3) is 4.53. The molecular weight excluding hydrogens is 206 g/mol. The summed E-state index contributed by atoms with van der Waals surface area (Å²) in [5.41, 5.74) is 2.85. The van der Waals surface area contributed by atoms with Gasteiger partial charge in [-0.05, 0) is 17.2 Å². The number of ether oxygens (including phenoxy) is 1. The number of hydrogen-bond acceptors (Lipinski definition) is 4. The number of carbonyl (C=O) groups excluding carboxylic acids is 2. The molecule has 0 aromatic carbocycles. The van der Waals surface area contributed by atoms with Gasteiger partial charge in [0.15, 0.2) is 0 Å². The molecule has 0 amide bonds. The van der Waals surface area contributed by atoms with Crippen molar-refractivity contribution < 1.29 is 14.3 Å². The molecular formula is C12H13NO3. The second-order valence-corrected chi connectivity index (χ2v) is 3.13. The van der Waals surface area contributed by atoms with Crippen molar-refractivity contribution in [3.63, 3.8) is 0 Å². The highest BCUT2D eigenvalue weighted by molar-refractivity contribution is 5.80. The molecule has 4 nitrogen and oxygen atoms in total. The summed E-state index contributed by atoms with van der Waals surface area (Å²) in [4.78, 5) is 23.1. The van der Waals surface area contributed by atoms with Gasteiger partial charge in [0.2, 0.25) is 6.08 Å². The first kappa shape index (κ1) is 12.1. The lowest BCUT2D eigenvalue weighted by Crippen LogP contribution is -2.05. The van der Waals surface area contributed by atoms with Crippen LogP contribution in [0.1, 0.15) is 13.3 Å². The average molecular weight is 219 g/mol. The van der Waals surface area contributed by atoms with Crippen molar-refractivity contribution in [3.05, 3.63) is 24.3 Å². The molecule has 0 saturated heterocycles. The van der Waals surface area contributed by atoms with Crippen LogP contribution in [-0.2, 0) is 14.3 Å². The largest absolute Gasteiger partial charge is 0.464 e. The highest BCUT2D eigenvalue weighted by Gasteiger charge is 2.06. The Kier molecular flexibility index (Phi) is 4.96. The van der Waals surface area contributed by atoms with E-state index < -0.39 is 0 Å². The molecule has 2 aliphatic carbocycles. The molecule has 0 unspecified atom stereocenters. The summed E-state index contributed by atoms with van der Waals surface area (Å²) in [5, 5.41) is 0. The molecule has 0 fully saturated rings. The van der Waals surface area contributed by atoms with Gasteiger partial charge < -0.3 is 4.74 Å². The molecule has 0 atom stereocenters. The molecule has 0 spiro atoms. The quantitative estimate of drug-likeness (QED) is 0.342. The maximum atomic E-state index is 10.4. The Bertz CT molecular complexity index is 391. The zero-order valence-electron chi connectivity index (χ0n) is 9.10. The van der Waals surface area contributed by atoms with Crippen LogP contribution in [0, 0.1) is 0 Å². The highest BCUT2D eigenvalue weighted by Crippen LogP contribution is 2.32. The third-order valence-corrected chi connectivity index (χ3v) is 1.93. The Hall–Kier alpha value is -1.93. The molecule has 2 aliphatic rings. The maximum absolute atomic E-state index is 10.4. The van der Waals surface area contributed by atoms with E-state index in [1.54, 1.807) is 6.92 Å². The van der Waals surface area contributed by atoms with Gasteiger partial charge in [-0.15, -0.1) is 0 Å². The van der Waals surface area contributed by atoms with Gasteiger partial charge in [0.05, 0.1) is 6.54 Å². The zero-order chi connectivity index (χ0) is 11.8. The van der Waals surface area contributed by atoms with E-state index in [-0.39, 0.29) is 19.1 Å². The summed E-state index contributed by atoms with van der Waals surface area (Å²) >= 11 is 0. The van der Waals surface area contributed by atoms with Crippen LogP contribution >= 0.6 is 0 Å². The molecule has 4 heteroatoms. The van der Waals surface area contributed by atoms with Gasteiger partial charge in [-0.25, -0.2) is 9.79 Å². The van der Waals surface area contributed by atoms with E-state index in [9.17, 15) is 9.59 Å². The minimum atomic E-state index is -0.277. The number of rotatable bonds is 4. The molecule has 16 heavy (non-hydrogen) atoms. The molecule has 0 radical (unpaired) electrons. The number of nitrogens with zero attached hydrogens (tertiary/aromatic N) is 1. The topological polar surface area (TPSA) is 55.7 Å². The predicted molar refractivity (Wildman–Crippen MR) is 59.7 cm³/mol.